The second-order valence-electron chi connectivity index (χ2n) is 7.29. The summed E-state index contributed by atoms with van der Waals surface area (Å²) in [4.78, 5) is 30.9. The molecule has 1 unspecified atom stereocenters. The number of hydrogen-bond acceptors (Lipinski definition) is 8. The zero-order chi connectivity index (χ0) is 20.9. The molecule has 4 rings (SSSR count). The zero-order valence-electron chi connectivity index (χ0n) is 17.3. The quantitative estimate of drug-likeness (QED) is 0.765. The lowest BCUT2D eigenvalue weighted by Gasteiger charge is -2.36. The molecule has 1 N–H and O–H groups in total. The van der Waals surface area contributed by atoms with Crippen LogP contribution in [-0.4, -0.2) is 71.9 Å². The Hall–Kier alpha value is -3.26. The Labute approximate surface area is 176 Å². The molecule has 8 heteroatoms. The summed E-state index contributed by atoms with van der Waals surface area (Å²) >= 11 is 0. The number of ketones is 1. The van der Waals surface area contributed by atoms with Gasteiger partial charge in [-0.2, -0.15) is 4.99 Å². The molecule has 2 aromatic rings. The molecule has 1 saturated heterocycles. The predicted octanol–water partition coefficient (Wildman–Crippen LogP) is 1.99. The molecular weight excluding hydrogens is 380 g/mol. The Balaban J connectivity index is 1.57. The lowest BCUT2D eigenvalue weighted by molar-refractivity contribution is 0.103. The number of amidine groups is 1. The summed E-state index contributed by atoms with van der Waals surface area (Å²) in [5.74, 6) is 1.65. The van der Waals surface area contributed by atoms with Crippen molar-refractivity contribution in [3.63, 3.8) is 0 Å². The number of benzene rings is 1. The Morgan fingerprint density at radius 2 is 1.87 bits per heavy atom. The number of guanidine groups is 1. The van der Waals surface area contributed by atoms with Gasteiger partial charge < -0.3 is 19.9 Å². The number of nitrogens with one attached hydrogen (secondary N) is 1. The fourth-order valence-corrected chi connectivity index (χ4v) is 3.37. The highest BCUT2D eigenvalue weighted by molar-refractivity contribution is 6.10. The third-order valence-corrected chi connectivity index (χ3v) is 5.16. The van der Waals surface area contributed by atoms with Crippen LogP contribution in [0, 0.1) is 0 Å². The maximum atomic E-state index is 13.0. The Morgan fingerprint density at radius 1 is 1.10 bits per heavy atom. The van der Waals surface area contributed by atoms with E-state index in [0.717, 1.165) is 44.4 Å². The number of aliphatic imine (C=N–C) groups is 2. The SMILES string of the molecule is CCC1=NC(Oc2ncccc2C(=O)c2ccccc2)N=C(N2CCN(C)CC2)N1. The van der Waals surface area contributed by atoms with E-state index in [1.807, 2.05) is 25.1 Å². The van der Waals surface area contributed by atoms with Gasteiger partial charge in [-0.3, -0.25) is 4.79 Å². The summed E-state index contributed by atoms with van der Waals surface area (Å²) in [6.45, 7) is 5.74. The van der Waals surface area contributed by atoms with Crippen LogP contribution < -0.4 is 10.1 Å². The lowest BCUT2D eigenvalue weighted by atomic mass is 10.0. The standard InChI is InChI=1S/C22H26N6O2/c1-3-18-24-21(28-14-12-27(2)13-15-28)26-22(25-18)30-20-17(10-7-11-23-20)19(29)16-8-5-4-6-9-16/h4-11,22H,3,12-15H2,1-2H3,(H,24,25,26). The van der Waals surface area contributed by atoms with Crippen LogP contribution in [0.1, 0.15) is 29.3 Å². The molecule has 0 saturated carbocycles. The van der Waals surface area contributed by atoms with Gasteiger partial charge in [-0.25, -0.2) is 9.98 Å². The van der Waals surface area contributed by atoms with Gasteiger partial charge in [0.05, 0.1) is 5.56 Å². The van der Waals surface area contributed by atoms with Gasteiger partial charge in [0.15, 0.2) is 5.78 Å². The topological polar surface area (TPSA) is 82.4 Å². The van der Waals surface area contributed by atoms with Gasteiger partial charge in [-0.05, 0) is 19.2 Å². The first-order chi connectivity index (χ1) is 14.6. The molecule has 1 aromatic heterocycles. The van der Waals surface area contributed by atoms with Crippen molar-refractivity contribution in [1.29, 1.82) is 0 Å². The number of aromatic nitrogens is 1. The number of piperazine rings is 1. The summed E-state index contributed by atoms with van der Waals surface area (Å²) in [5.41, 5.74) is 0.979. The third-order valence-electron chi connectivity index (χ3n) is 5.16. The van der Waals surface area contributed by atoms with E-state index in [1.54, 1.807) is 30.5 Å². The second kappa shape index (κ2) is 9.04. The highest BCUT2D eigenvalue weighted by Gasteiger charge is 2.25. The Kier molecular flexibility index (Phi) is 6.04. The van der Waals surface area contributed by atoms with E-state index < -0.39 is 6.35 Å². The molecule has 0 bridgehead atoms. The first-order valence-corrected chi connectivity index (χ1v) is 10.2. The van der Waals surface area contributed by atoms with Crippen molar-refractivity contribution in [1.82, 2.24) is 20.1 Å². The van der Waals surface area contributed by atoms with Crippen molar-refractivity contribution >= 4 is 17.6 Å². The molecular formula is C22H26N6O2. The van der Waals surface area contributed by atoms with Crippen LogP contribution in [0.5, 0.6) is 5.88 Å². The summed E-state index contributed by atoms with van der Waals surface area (Å²) in [6.07, 6.45) is 1.55. The molecule has 2 aliphatic heterocycles. The zero-order valence-corrected chi connectivity index (χ0v) is 17.3. The summed E-state index contributed by atoms with van der Waals surface area (Å²) < 4.78 is 6.02. The van der Waals surface area contributed by atoms with Gasteiger partial charge in [-0.15, -0.1) is 0 Å². The third kappa shape index (κ3) is 4.49. The molecule has 0 aliphatic carbocycles. The number of carbonyl (C=O) groups excluding carboxylic acids is 1. The van der Waals surface area contributed by atoms with Crippen LogP contribution in [0.15, 0.2) is 58.6 Å². The first-order valence-electron chi connectivity index (χ1n) is 10.2. The normalized spacial score (nSPS) is 19.5. The van der Waals surface area contributed by atoms with Gasteiger partial charge in [-0.1, -0.05) is 37.3 Å². The fraction of sp³-hybridized carbons (Fsp3) is 0.364. The van der Waals surface area contributed by atoms with Gasteiger partial charge in [0.1, 0.15) is 5.84 Å². The summed E-state index contributed by atoms with van der Waals surface area (Å²) in [5, 5.41) is 3.31. The molecule has 8 nitrogen and oxygen atoms in total. The van der Waals surface area contributed by atoms with Gasteiger partial charge in [0.25, 0.3) is 6.35 Å². The van der Waals surface area contributed by atoms with E-state index in [0.29, 0.717) is 11.1 Å². The number of likely N-dealkylation sites (N-methyl/N-ethyl adjacent to an activating group) is 1. The molecule has 0 radical (unpaired) electrons. The van der Waals surface area contributed by atoms with Crippen molar-refractivity contribution in [2.75, 3.05) is 33.2 Å². The van der Waals surface area contributed by atoms with Gasteiger partial charge in [0, 0.05) is 44.4 Å². The summed E-state index contributed by atoms with van der Waals surface area (Å²) in [7, 11) is 2.12. The Morgan fingerprint density at radius 3 is 2.60 bits per heavy atom. The predicted molar refractivity (Wildman–Crippen MR) is 116 cm³/mol. The molecule has 0 spiro atoms. The molecule has 1 aromatic carbocycles. The highest BCUT2D eigenvalue weighted by Crippen LogP contribution is 2.21. The second-order valence-corrected chi connectivity index (χ2v) is 7.29. The summed E-state index contributed by atoms with van der Waals surface area (Å²) in [6, 6.07) is 12.5. The van der Waals surface area contributed by atoms with Crippen LogP contribution in [-0.2, 0) is 0 Å². The van der Waals surface area contributed by atoms with Crippen LogP contribution >= 0.6 is 0 Å². The fourth-order valence-electron chi connectivity index (χ4n) is 3.37. The number of rotatable bonds is 5. The van der Waals surface area contributed by atoms with Crippen molar-refractivity contribution < 1.29 is 9.53 Å². The smallest absolute Gasteiger partial charge is 0.294 e. The van der Waals surface area contributed by atoms with Crippen molar-refractivity contribution in [3.8, 4) is 5.88 Å². The Bertz CT molecular complexity index is 951. The van der Waals surface area contributed by atoms with Crippen molar-refractivity contribution in [2.24, 2.45) is 9.98 Å². The number of hydrogen-bond donors (Lipinski definition) is 1. The maximum Gasteiger partial charge on any atom is 0.294 e. The van der Waals surface area contributed by atoms with Crippen LogP contribution in [0.3, 0.4) is 0 Å². The molecule has 3 heterocycles. The van der Waals surface area contributed by atoms with Crippen LogP contribution in [0.4, 0.5) is 0 Å². The van der Waals surface area contributed by atoms with Crippen LogP contribution in [0.25, 0.3) is 0 Å². The molecule has 2 aliphatic rings. The van der Waals surface area contributed by atoms with E-state index in [9.17, 15) is 4.79 Å². The van der Waals surface area contributed by atoms with E-state index >= 15 is 0 Å². The minimum absolute atomic E-state index is 0.143. The van der Waals surface area contributed by atoms with Crippen molar-refractivity contribution in [3.05, 3.63) is 59.8 Å². The maximum absolute atomic E-state index is 13.0. The first kappa shape index (κ1) is 20.0. The van der Waals surface area contributed by atoms with E-state index in [-0.39, 0.29) is 11.7 Å². The minimum atomic E-state index is -0.784. The largest absolute Gasteiger partial charge is 0.431 e. The lowest BCUT2D eigenvalue weighted by Crippen LogP contribution is -2.54. The number of nitrogens with zero attached hydrogens (tertiary/aromatic N) is 5. The van der Waals surface area contributed by atoms with Gasteiger partial charge >= 0.3 is 0 Å². The molecule has 1 fully saturated rings. The number of ether oxygens (including phenoxy) is 1. The van der Waals surface area contributed by atoms with E-state index in [4.69, 9.17) is 4.74 Å². The molecule has 156 valence electrons. The number of carbonyl (C=O) groups is 1. The van der Waals surface area contributed by atoms with Crippen LogP contribution in [0.2, 0.25) is 0 Å². The number of pyridine rings is 1. The average molecular weight is 406 g/mol. The van der Waals surface area contributed by atoms with E-state index in [2.05, 4.69) is 37.1 Å². The van der Waals surface area contributed by atoms with Crippen molar-refractivity contribution in [2.45, 2.75) is 19.7 Å². The van der Waals surface area contributed by atoms with Gasteiger partial charge in [0.2, 0.25) is 11.8 Å². The minimum Gasteiger partial charge on any atom is -0.431 e. The highest BCUT2D eigenvalue weighted by atomic mass is 16.5. The molecule has 1 atom stereocenters. The molecule has 0 amide bonds. The monoisotopic (exact) mass is 406 g/mol. The average Bonchev–Trinajstić information content (AvgIpc) is 2.80. The van der Waals surface area contributed by atoms with E-state index in [1.165, 1.54) is 0 Å². The molecule has 30 heavy (non-hydrogen) atoms.